The molecule has 8 nitrogen and oxygen atoms in total. The molecular weight excluding hydrogens is 514 g/mol. The van der Waals surface area contributed by atoms with Crippen LogP contribution in [-0.2, 0) is 9.59 Å². The monoisotopic (exact) mass is 543 g/mol. The molecule has 1 unspecified atom stereocenters. The summed E-state index contributed by atoms with van der Waals surface area (Å²) in [6, 6.07) is 15.1. The normalized spacial score (nSPS) is 16.8. The number of fused-ring (bicyclic) bond motifs is 1. The van der Waals surface area contributed by atoms with Crippen molar-refractivity contribution in [1.29, 1.82) is 0 Å². The Labute approximate surface area is 230 Å². The van der Waals surface area contributed by atoms with Crippen LogP contribution in [0.4, 0.5) is 5.13 Å². The van der Waals surface area contributed by atoms with Gasteiger partial charge in [-0.3, -0.25) is 19.5 Å². The van der Waals surface area contributed by atoms with Gasteiger partial charge in [0.25, 0.3) is 5.78 Å². The van der Waals surface area contributed by atoms with E-state index in [2.05, 4.69) is 23.8 Å². The highest BCUT2D eigenvalue weighted by Gasteiger charge is 2.48. The Bertz CT molecular complexity index is 1550. The number of ketones is 1. The number of aromatic nitrogens is 2. The van der Waals surface area contributed by atoms with E-state index in [1.807, 2.05) is 49.4 Å². The average molecular weight is 544 g/mol. The number of nitrogens with zero attached hydrogens (tertiary/aromatic N) is 3. The maximum Gasteiger partial charge on any atom is 0.301 e. The summed E-state index contributed by atoms with van der Waals surface area (Å²) in [4.78, 5) is 37.1. The van der Waals surface area contributed by atoms with Gasteiger partial charge in [0.15, 0.2) is 5.13 Å². The zero-order chi connectivity index (χ0) is 27.5. The maximum absolute atomic E-state index is 13.5. The SMILES string of the molecule is CCOc1ccc2nc(N3C(=O)C(=O)C(=C(O)c4ccncc4)C3c3cccc(OCCC(C)C)c3)sc2c1. The van der Waals surface area contributed by atoms with Crippen molar-refractivity contribution in [3.8, 4) is 11.5 Å². The van der Waals surface area contributed by atoms with E-state index in [4.69, 9.17) is 9.47 Å². The number of carbonyl (C=O) groups is 2. The van der Waals surface area contributed by atoms with Gasteiger partial charge in [0, 0.05) is 18.0 Å². The average Bonchev–Trinajstić information content (AvgIpc) is 3.46. The summed E-state index contributed by atoms with van der Waals surface area (Å²) in [7, 11) is 0. The first-order valence-electron chi connectivity index (χ1n) is 12.8. The number of carbonyl (C=O) groups excluding carboxylic acids is 2. The van der Waals surface area contributed by atoms with Crippen molar-refractivity contribution in [2.24, 2.45) is 5.92 Å². The predicted molar refractivity (Wildman–Crippen MR) is 151 cm³/mol. The van der Waals surface area contributed by atoms with Gasteiger partial charge in [-0.2, -0.15) is 0 Å². The molecule has 3 heterocycles. The zero-order valence-electron chi connectivity index (χ0n) is 22.0. The van der Waals surface area contributed by atoms with Crippen molar-refractivity contribution in [2.45, 2.75) is 33.2 Å². The Kier molecular flexibility index (Phi) is 7.60. The smallest absolute Gasteiger partial charge is 0.301 e. The van der Waals surface area contributed by atoms with Crippen molar-refractivity contribution >= 4 is 44.1 Å². The van der Waals surface area contributed by atoms with E-state index in [0.717, 1.165) is 11.1 Å². The molecule has 1 atom stereocenters. The number of thiazole rings is 1. The minimum atomic E-state index is -0.904. The molecule has 2 aromatic heterocycles. The summed E-state index contributed by atoms with van der Waals surface area (Å²) in [5.41, 5.74) is 1.68. The molecule has 5 rings (SSSR count). The van der Waals surface area contributed by atoms with Crippen LogP contribution in [0.3, 0.4) is 0 Å². The summed E-state index contributed by atoms with van der Waals surface area (Å²) in [6.07, 6.45) is 3.93. The summed E-state index contributed by atoms with van der Waals surface area (Å²) >= 11 is 1.29. The van der Waals surface area contributed by atoms with Crippen LogP contribution in [-0.4, -0.2) is 40.0 Å². The number of aliphatic hydroxyl groups is 1. The molecular formula is C30H29N3O5S. The maximum atomic E-state index is 13.5. The number of anilines is 1. The third kappa shape index (κ3) is 5.35. The third-order valence-corrected chi connectivity index (χ3v) is 7.42. The molecule has 1 saturated heterocycles. The van der Waals surface area contributed by atoms with Crippen LogP contribution in [0, 0.1) is 5.92 Å². The van der Waals surface area contributed by atoms with Crippen LogP contribution < -0.4 is 14.4 Å². The summed E-state index contributed by atoms with van der Waals surface area (Å²) in [5, 5.41) is 11.7. The van der Waals surface area contributed by atoms with Crippen LogP contribution in [0.25, 0.3) is 16.0 Å². The molecule has 39 heavy (non-hydrogen) atoms. The first-order valence-corrected chi connectivity index (χ1v) is 13.7. The minimum Gasteiger partial charge on any atom is -0.507 e. The number of amides is 1. The lowest BCUT2D eigenvalue weighted by molar-refractivity contribution is -0.132. The van der Waals surface area contributed by atoms with Gasteiger partial charge < -0.3 is 14.6 Å². The van der Waals surface area contributed by atoms with Gasteiger partial charge in [0.2, 0.25) is 0 Å². The Morgan fingerprint density at radius 3 is 2.56 bits per heavy atom. The van der Waals surface area contributed by atoms with Gasteiger partial charge in [-0.15, -0.1) is 0 Å². The van der Waals surface area contributed by atoms with Gasteiger partial charge in [0.05, 0.1) is 35.0 Å². The third-order valence-electron chi connectivity index (χ3n) is 6.40. The molecule has 2 aromatic carbocycles. The highest BCUT2D eigenvalue weighted by atomic mass is 32.1. The molecule has 1 amide bonds. The Morgan fingerprint density at radius 1 is 1.05 bits per heavy atom. The highest BCUT2D eigenvalue weighted by molar-refractivity contribution is 7.22. The lowest BCUT2D eigenvalue weighted by Gasteiger charge is -2.23. The van der Waals surface area contributed by atoms with Gasteiger partial charge in [-0.1, -0.05) is 37.3 Å². The van der Waals surface area contributed by atoms with E-state index in [1.165, 1.54) is 28.6 Å². The van der Waals surface area contributed by atoms with E-state index >= 15 is 0 Å². The molecule has 1 aliphatic heterocycles. The van der Waals surface area contributed by atoms with Gasteiger partial charge >= 0.3 is 5.91 Å². The first-order chi connectivity index (χ1) is 18.9. The molecule has 0 saturated carbocycles. The summed E-state index contributed by atoms with van der Waals surface area (Å²) in [5.74, 6) is -0.00596. The lowest BCUT2D eigenvalue weighted by Crippen LogP contribution is -2.29. The van der Waals surface area contributed by atoms with Crippen LogP contribution in [0.2, 0.25) is 0 Å². The second-order valence-corrected chi connectivity index (χ2v) is 10.6. The van der Waals surface area contributed by atoms with Crippen molar-refractivity contribution in [2.75, 3.05) is 18.1 Å². The van der Waals surface area contributed by atoms with Crippen LogP contribution in [0.15, 0.2) is 72.6 Å². The van der Waals surface area contributed by atoms with E-state index in [1.54, 1.807) is 12.1 Å². The van der Waals surface area contributed by atoms with E-state index < -0.39 is 17.7 Å². The number of aliphatic hydroxyl groups excluding tert-OH is 1. The first kappa shape index (κ1) is 26.4. The fourth-order valence-corrected chi connectivity index (χ4v) is 5.47. The highest BCUT2D eigenvalue weighted by Crippen LogP contribution is 2.45. The van der Waals surface area contributed by atoms with Crippen LogP contribution >= 0.6 is 11.3 Å². The molecule has 4 aromatic rings. The van der Waals surface area contributed by atoms with Gasteiger partial charge in [-0.25, -0.2) is 4.98 Å². The molecule has 9 heteroatoms. The Morgan fingerprint density at radius 2 is 1.82 bits per heavy atom. The van der Waals surface area contributed by atoms with E-state index in [-0.39, 0.29) is 11.3 Å². The summed E-state index contributed by atoms with van der Waals surface area (Å²) < 4.78 is 12.4. The van der Waals surface area contributed by atoms with Crippen molar-refractivity contribution < 1.29 is 24.2 Å². The predicted octanol–water partition coefficient (Wildman–Crippen LogP) is 6.14. The second-order valence-electron chi connectivity index (χ2n) is 9.57. The fourth-order valence-electron chi connectivity index (χ4n) is 4.45. The molecule has 0 aliphatic carbocycles. The fraction of sp³-hybridized carbons (Fsp3) is 0.267. The Balaban J connectivity index is 1.63. The number of benzene rings is 2. The molecule has 0 spiro atoms. The van der Waals surface area contributed by atoms with E-state index in [0.29, 0.717) is 52.4 Å². The minimum absolute atomic E-state index is 0.0141. The topological polar surface area (TPSA) is 102 Å². The second kappa shape index (κ2) is 11.2. The van der Waals surface area contributed by atoms with Crippen molar-refractivity contribution in [1.82, 2.24) is 9.97 Å². The number of hydrogen-bond donors (Lipinski definition) is 1. The van der Waals surface area contributed by atoms with E-state index in [9.17, 15) is 14.7 Å². The number of Topliss-reactive ketones (excluding diaryl/α,β-unsaturated/α-hetero) is 1. The number of ether oxygens (including phenoxy) is 2. The zero-order valence-corrected chi connectivity index (χ0v) is 22.8. The number of pyridine rings is 1. The lowest BCUT2D eigenvalue weighted by atomic mass is 9.95. The van der Waals surface area contributed by atoms with Crippen LogP contribution in [0.5, 0.6) is 11.5 Å². The summed E-state index contributed by atoms with van der Waals surface area (Å²) in [6.45, 7) is 7.23. The van der Waals surface area contributed by atoms with Gasteiger partial charge in [-0.05, 0) is 67.3 Å². The molecule has 200 valence electrons. The number of hydrogen-bond acceptors (Lipinski definition) is 8. The molecule has 1 N–H and O–H groups in total. The van der Waals surface area contributed by atoms with Crippen molar-refractivity contribution in [3.63, 3.8) is 0 Å². The Hall–Kier alpha value is -4.24. The van der Waals surface area contributed by atoms with Crippen molar-refractivity contribution in [3.05, 3.63) is 83.7 Å². The number of rotatable bonds is 9. The molecule has 0 bridgehead atoms. The molecule has 1 aliphatic rings. The van der Waals surface area contributed by atoms with Gasteiger partial charge in [0.1, 0.15) is 17.3 Å². The quantitative estimate of drug-likeness (QED) is 0.154. The molecule has 1 fully saturated rings. The molecule has 0 radical (unpaired) electrons. The largest absolute Gasteiger partial charge is 0.507 e. The van der Waals surface area contributed by atoms with Crippen LogP contribution in [0.1, 0.15) is 44.4 Å². The standard InChI is InChI=1S/C30H29N3O5S/c1-4-37-22-8-9-23-24(17-22)39-30(32-23)33-26(20-6-5-7-21(16-20)38-15-12-18(2)3)25(28(35)29(33)36)27(34)19-10-13-31-14-11-19/h5-11,13-14,16-18,26,34H,4,12,15H2,1-3H3.